The highest BCUT2D eigenvalue weighted by atomic mass is 19.1. The Bertz CT molecular complexity index is 696. The Kier molecular flexibility index (Phi) is 5.96. The van der Waals surface area contributed by atoms with Gasteiger partial charge in [-0.15, -0.1) is 0 Å². The monoisotopic (exact) mass is 392 g/mol. The van der Waals surface area contributed by atoms with E-state index in [1.54, 1.807) is 0 Å². The summed E-state index contributed by atoms with van der Waals surface area (Å²) in [7, 11) is 0. The Morgan fingerprint density at radius 3 is 2.46 bits per heavy atom. The van der Waals surface area contributed by atoms with E-state index < -0.39 is 5.82 Å². The van der Waals surface area contributed by atoms with E-state index in [1.165, 1.54) is 25.2 Å². The number of halogens is 2. The molecule has 1 aromatic carbocycles. The molecule has 0 spiro atoms. The van der Waals surface area contributed by atoms with Crippen molar-refractivity contribution in [1.29, 1.82) is 0 Å². The quantitative estimate of drug-likeness (QED) is 0.613. The zero-order chi connectivity index (χ0) is 19.5. The molecular weight excluding hydrogens is 362 g/mol. The van der Waals surface area contributed by atoms with Gasteiger partial charge in [-0.25, -0.2) is 8.78 Å². The first-order valence-electron chi connectivity index (χ1n) is 10.3. The second kappa shape index (κ2) is 8.61. The molecular formula is C20H30F2N6. The highest BCUT2D eigenvalue weighted by Crippen LogP contribution is 2.22. The number of guanidine groups is 1. The lowest BCUT2D eigenvalue weighted by molar-refractivity contribution is 0.0173. The van der Waals surface area contributed by atoms with E-state index in [9.17, 15) is 8.78 Å². The topological polar surface area (TPSA) is 37.4 Å². The largest absolute Gasteiger partial charge is 0.366 e. The van der Waals surface area contributed by atoms with Crippen LogP contribution in [0.25, 0.3) is 0 Å². The van der Waals surface area contributed by atoms with E-state index in [0.717, 1.165) is 57.8 Å². The Morgan fingerprint density at radius 1 is 1.07 bits per heavy atom. The molecule has 0 radical (unpaired) electrons. The minimum absolute atomic E-state index is 0.349. The summed E-state index contributed by atoms with van der Waals surface area (Å²) in [5.41, 5.74) is 0.349. The zero-order valence-electron chi connectivity index (χ0n) is 16.6. The molecule has 5 rings (SSSR count). The van der Waals surface area contributed by atoms with Crippen molar-refractivity contribution in [3.8, 4) is 0 Å². The van der Waals surface area contributed by atoms with Gasteiger partial charge in [-0.1, -0.05) is 0 Å². The van der Waals surface area contributed by atoms with E-state index in [1.807, 2.05) is 4.90 Å². The summed E-state index contributed by atoms with van der Waals surface area (Å²) in [6.07, 6.45) is 0. The van der Waals surface area contributed by atoms with E-state index >= 15 is 0 Å². The van der Waals surface area contributed by atoms with Crippen molar-refractivity contribution in [3.63, 3.8) is 0 Å². The summed E-state index contributed by atoms with van der Waals surface area (Å²) in [6, 6.07) is 4.15. The molecule has 0 aliphatic carbocycles. The van der Waals surface area contributed by atoms with Crippen LogP contribution in [-0.4, -0.2) is 98.7 Å². The van der Waals surface area contributed by atoms with Crippen molar-refractivity contribution in [2.24, 2.45) is 4.99 Å². The van der Waals surface area contributed by atoms with Gasteiger partial charge in [0, 0.05) is 77.6 Å². The first kappa shape index (κ1) is 19.4. The SMILES string of the molecule is CCNC(=NCC1CN2CCN1CC2)N1CCN(c2cc(F)ccc2F)CC1. The normalized spacial score (nSPS) is 28.0. The molecule has 1 N–H and O–H groups in total. The molecule has 0 amide bonds. The van der Waals surface area contributed by atoms with Crippen molar-refractivity contribution in [2.75, 3.05) is 76.9 Å². The minimum Gasteiger partial charge on any atom is -0.366 e. The number of nitrogens with one attached hydrogen (secondary N) is 1. The van der Waals surface area contributed by atoms with Crippen LogP contribution in [0.15, 0.2) is 23.2 Å². The number of hydrogen-bond donors (Lipinski definition) is 1. The molecule has 0 saturated carbocycles. The molecule has 4 saturated heterocycles. The van der Waals surface area contributed by atoms with Crippen LogP contribution in [0.1, 0.15) is 6.92 Å². The van der Waals surface area contributed by atoms with E-state index in [-0.39, 0.29) is 5.82 Å². The fourth-order valence-electron chi connectivity index (χ4n) is 4.40. The number of rotatable bonds is 4. The van der Waals surface area contributed by atoms with Gasteiger partial charge < -0.3 is 15.1 Å². The maximum absolute atomic E-state index is 14.1. The summed E-state index contributed by atoms with van der Waals surface area (Å²) < 4.78 is 27.6. The van der Waals surface area contributed by atoms with Crippen molar-refractivity contribution in [2.45, 2.75) is 13.0 Å². The Hall–Kier alpha value is -1.93. The number of hydrogen-bond acceptors (Lipinski definition) is 4. The third-order valence-electron chi connectivity index (χ3n) is 6.01. The predicted octanol–water partition coefficient (Wildman–Crippen LogP) is 1.05. The molecule has 28 heavy (non-hydrogen) atoms. The maximum atomic E-state index is 14.1. The van der Waals surface area contributed by atoms with Gasteiger partial charge in [-0.2, -0.15) is 0 Å². The standard InChI is InChI=1S/C20H30F2N6/c1-2-23-20(24-14-17-15-25-5-7-26(17)8-6-25)28-11-9-27(10-12-28)19-13-16(21)3-4-18(19)22/h3-4,13,17H,2,5-12,14-15H2,1H3,(H,23,24). The molecule has 2 bridgehead atoms. The average molecular weight is 392 g/mol. The molecule has 1 aromatic rings. The third kappa shape index (κ3) is 4.22. The second-order valence-electron chi connectivity index (χ2n) is 7.75. The first-order chi connectivity index (χ1) is 13.6. The molecule has 1 unspecified atom stereocenters. The molecule has 6 nitrogen and oxygen atoms in total. The van der Waals surface area contributed by atoms with Crippen LogP contribution in [0, 0.1) is 11.6 Å². The molecule has 1 atom stereocenters. The smallest absolute Gasteiger partial charge is 0.194 e. The number of benzene rings is 1. The van der Waals surface area contributed by atoms with Crippen molar-refractivity contribution < 1.29 is 8.78 Å². The van der Waals surface area contributed by atoms with Gasteiger partial charge in [0.25, 0.3) is 0 Å². The predicted molar refractivity (Wildman–Crippen MR) is 108 cm³/mol. The van der Waals surface area contributed by atoms with Gasteiger partial charge in [0.2, 0.25) is 0 Å². The van der Waals surface area contributed by atoms with Crippen LogP contribution in [0.2, 0.25) is 0 Å². The van der Waals surface area contributed by atoms with Crippen LogP contribution in [0.5, 0.6) is 0 Å². The Labute approximate surface area is 165 Å². The van der Waals surface area contributed by atoms with E-state index in [2.05, 4.69) is 26.9 Å². The van der Waals surface area contributed by atoms with Gasteiger partial charge in [0.15, 0.2) is 5.96 Å². The molecule has 4 aliphatic heterocycles. The molecule has 4 aliphatic rings. The first-order valence-corrected chi connectivity index (χ1v) is 10.3. The zero-order valence-corrected chi connectivity index (χ0v) is 16.6. The van der Waals surface area contributed by atoms with Gasteiger partial charge in [0.1, 0.15) is 11.6 Å². The van der Waals surface area contributed by atoms with Crippen molar-refractivity contribution in [3.05, 3.63) is 29.8 Å². The third-order valence-corrected chi connectivity index (χ3v) is 6.01. The van der Waals surface area contributed by atoms with Crippen molar-refractivity contribution in [1.82, 2.24) is 20.0 Å². The summed E-state index contributed by atoms with van der Waals surface area (Å²) in [6.45, 7) is 12.2. The van der Waals surface area contributed by atoms with Gasteiger partial charge in [-0.3, -0.25) is 14.8 Å². The van der Waals surface area contributed by atoms with E-state index in [4.69, 9.17) is 4.99 Å². The summed E-state index contributed by atoms with van der Waals surface area (Å²) in [4.78, 5) is 14.1. The highest BCUT2D eigenvalue weighted by Gasteiger charge is 2.31. The van der Waals surface area contributed by atoms with E-state index in [0.29, 0.717) is 24.8 Å². The summed E-state index contributed by atoms with van der Waals surface area (Å²) >= 11 is 0. The number of fused-ring (bicyclic) bond motifs is 3. The highest BCUT2D eigenvalue weighted by molar-refractivity contribution is 5.80. The number of piperazine rings is 4. The minimum atomic E-state index is -0.402. The molecule has 0 aromatic heterocycles. The van der Waals surface area contributed by atoms with Gasteiger partial charge in [0.05, 0.1) is 12.2 Å². The van der Waals surface area contributed by atoms with Gasteiger partial charge >= 0.3 is 0 Å². The van der Waals surface area contributed by atoms with Crippen molar-refractivity contribution >= 4 is 11.6 Å². The lowest BCUT2D eigenvalue weighted by Gasteiger charge is -2.47. The fraction of sp³-hybridized carbons (Fsp3) is 0.650. The average Bonchev–Trinajstić information content (AvgIpc) is 2.74. The maximum Gasteiger partial charge on any atom is 0.194 e. The van der Waals surface area contributed by atoms with Crippen LogP contribution < -0.4 is 10.2 Å². The summed E-state index contributed by atoms with van der Waals surface area (Å²) in [5.74, 6) is 0.160. The summed E-state index contributed by atoms with van der Waals surface area (Å²) in [5, 5.41) is 3.40. The fourth-order valence-corrected chi connectivity index (χ4v) is 4.40. The van der Waals surface area contributed by atoms with Crippen LogP contribution in [-0.2, 0) is 0 Å². The number of nitrogens with zero attached hydrogens (tertiary/aromatic N) is 5. The molecule has 154 valence electrons. The second-order valence-corrected chi connectivity index (χ2v) is 7.75. The molecule has 4 fully saturated rings. The number of anilines is 1. The van der Waals surface area contributed by atoms with Gasteiger partial charge in [-0.05, 0) is 19.1 Å². The lowest BCUT2D eigenvalue weighted by Crippen LogP contribution is -2.62. The van der Waals surface area contributed by atoms with Crippen LogP contribution in [0.4, 0.5) is 14.5 Å². The van der Waals surface area contributed by atoms with Crippen LogP contribution in [0.3, 0.4) is 0 Å². The molecule has 8 heteroatoms. The molecule has 4 heterocycles. The lowest BCUT2D eigenvalue weighted by atomic mass is 10.1. The van der Waals surface area contributed by atoms with Crippen LogP contribution >= 0.6 is 0 Å². The number of aliphatic imine (C=N–C) groups is 1. The Morgan fingerprint density at radius 2 is 1.82 bits per heavy atom. The Balaban J connectivity index is 1.37.